The van der Waals surface area contributed by atoms with Crippen molar-refractivity contribution in [2.75, 3.05) is 25.0 Å². The van der Waals surface area contributed by atoms with Gasteiger partial charge in [0.1, 0.15) is 12.0 Å². The molecular weight excluding hydrogens is 308 g/mol. The maximum Gasteiger partial charge on any atom is 0.287 e. The third-order valence-electron chi connectivity index (χ3n) is 5.31. The highest BCUT2D eigenvalue weighted by molar-refractivity contribution is 5.41. The molecule has 1 aromatic rings. The molecule has 1 unspecified atom stereocenters. The molecule has 1 aromatic heterocycles. The number of nitrogens with zero attached hydrogens (tertiary/aromatic N) is 3. The zero-order valence-electron chi connectivity index (χ0n) is 14.1. The minimum Gasteiger partial charge on any atom is -0.389 e. The highest BCUT2D eigenvalue weighted by Gasteiger charge is 2.35. The summed E-state index contributed by atoms with van der Waals surface area (Å²) in [5.74, 6) is 1.39. The van der Waals surface area contributed by atoms with Crippen LogP contribution in [0.15, 0.2) is 18.3 Å². The summed E-state index contributed by atoms with van der Waals surface area (Å²) >= 11 is 0. The number of nitro groups is 1. The van der Waals surface area contributed by atoms with Crippen molar-refractivity contribution in [1.29, 1.82) is 0 Å². The number of β-amino-alcohol motifs (C(OH)–C–C–N with tert-alkyl or cyclic N) is 1. The zero-order chi connectivity index (χ0) is 17.2. The molecular formula is C17H26N4O3. The summed E-state index contributed by atoms with van der Waals surface area (Å²) in [6.07, 6.45) is 6.28. The molecule has 0 amide bonds. The summed E-state index contributed by atoms with van der Waals surface area (Å²) in [4.78, 5) is 16.6. The van der Waals surface area contributed by atoms with Crippen LogP contribution in [0.4, 0.5) is 11.5 Å². The standard InChI is InChI=1S/C17H26N4O3/c1-13-4-7-17(22,8-5-13)12-20-9-6-14(11-20)19-16-3-2-15(10-18-16)21(23)24/h2-3,10,13-14,22H,4-9,11-12H2,1H3,(H,18,19). The van der Waals surface area contributed by atoms with E-state index in [1.807, 2.05) is 0 Å². The van der Waals surface area contributed by atoms with E-state index in [2.05, 4.69) is 22.1 Å². The van der Waals surface area contributed by atoms with E-state index in [0.29, 0.717) is 5.82 Å². The van der Waals surface area contributed by atoms with Gasteiger partial charge in [-0.3, -0.25) is 15.0 Å². The zero-order valence-corrected chi connectivity index (χ0v) is 14.1. The molecule has 2 heterocycles. The Kier molecular flexibility index (Phi) is 5.01. The Hall–Kier alpha value is -1.73. The van der Waals surface area contributed by atoms with Gasteiger partial charge < -0.3 is 10.4 Å². The molecule has 2 aliphatic rings. The van der Waals surface area contributed by atoms with Gasteiger partial charge in [-0.15, -0.1) is 0 Å². The molecule has 1 saturated carbocycles. The van der Waals surface area contributed by atoms with Gasteiger partial charge in [-0.2, -0.15) is 0 Å². The topological polar surface area (TPSA) is 91.5 Å². The Balaban J connectivity index is 1.49. The number of aliphatic hydroxyl groups is 1. The van der Waals surface area contributed by atoms with Crippen molar-refractivity contribution in [2.24, 2.45) is 5.92 Å². The van der Waals surface area contributed by atoms with Crippen LogP contribution in [0.2, 0.25) is 0 Å². The SMILES string of the molecule is CC1CCC(O)(CN2CCC(Nc3ccc([N+](=O)[O-])cn3)C2)CC1. The molecule has 0 radical (unpaired) electrons. The van der Waals surface area contributed by atoms with Crippen molar-refractivity contribution in [3.63, 3.8) is 0 Å². The third-order valence-corrected chi connectivity index (χ3v) is 5.31. The molecule has 0 bridgehead atoms. The predicted molar refractivity (Wildman–Crippen MR) is 91.9 cm³/mol. The predicted octanol–water partition coefficient (Wildman–Crippen LogP) is 2.42. The summed E-state index contributed by atoms with van der Waals surface area (Å²) < 4.78 is 0. The quantitative estimate of drug-likeness (QED) is 0.635. The lowest BCUT2D eigenvalue weighted by atomic mass is 9.79. The summed E-state index contributed by atoms with van der Waals surface area (Å²) in [6, 6.07) is 3.38. The third kappa shape index (κ3) is 4.21. The molecule has 1 aliphatic carbocycles. The number of likely N-dealkylation sites (tertiary alicyclic amines) is 1. The van der Waals surface area contributed by atoms with Gasteiger partial charge in [0.05, 0.1) is 10.5 Å². The molecule has 0 spiro atoms. The molecule has 1 saturated heterocycles. The number of hydrogen-bond acceptors (Lipinski definition) is 6. The monoisotopic (exact) mass is 334 g/mol. The summed E-state index contributed by atoms with van der Waals surface area (Å²) in [5, 5.41) is 24.8. The highest BCUT2D eigenvalue weighted by atomic mass is 16.6. The molecule has 3 rings (SSSR count). The van der Waals surface area contributed by atoms with Gasteiger partial charge in [-0.25, -0.2) is 4.98 Å². The average molecular weight is 334 g/mol. The maximum absolute atomic E-state index is 10.8. The summed E-state index contributed by atoms with van der Waals surface area (Å²) in [5.41, 5.74) is -0.533. The molecule has 132 valence electrons. The Morgan fingerprint density at radius 3 is 2.79 bits per heavy atom. The largest absolute Gasteiger partial charge is 0.389 e. The Morgan fingerprint density at radius 1 is 1.42 bits per heavy atom. The molecule has 7 nitrogen and oxygen atoms in total. The number of nitrogens with one attached hydrogen (secondary N) is 1. The maximum atomic E-state index is 10.8. The lowest BCUT2D eigenvalue weighted by Gasteiger charge is -2.37. The first kappa shape index (κ1) is 17.1. The van der Waals surface area contributed by atoms with Crippen LogP contribution < -0.4 is 5.32 Å². The van der Waals surface area contributed by atoms with E-state index in [9.17, 15) is 15.2 Å². The van der Waals surface area contributed by atoms with Gasteiger partial charge in [0.25, 0.3) is 5.69 Å². The van der Waals surface area contributed by atoms with E-state index in [0.717, 1.165) is 57.7 Å². The molecule has 1 atom stereocenters. The molecule has 2 N–H and O–H groups in total. The van der Waals surface area contributed by atoms with Crippen LogP contribution in [0.5, 0.6) is 0 Å². The van der Waals surface area contributed by atoms with Gasteiger partial charge in [-0.05, 0) is 44.1 Å². The van der Waals surface area contributed by atoms with Gasteiger partial charge in [0, 0.05) is 31.7 Å². The Morgan fingerprint density at radius 2 is 2.17 bits per heavy atom. The smallest absolute Gasteiger partial charge is 0.287 e. The lowest BCUT2D eigenvalue weighted by Crippen LogP contribution is -2.45. The van der Waals surface area contributed by atoms with Gasteiger partial charge in [0.2, 0.25) is 0 Å². The molecule has 2 fully saturated rings. The highest BCUT2D eigenvalue weighted by Crippen LogP contribution is 2.33. The van der Waals surface area contributed by atoms with E-state index < -0.39 is 10.5 Å². The van der Waals surface area contributed by atoms with E-state index in [-0.39, 0.29) is 11.7 Å². The molecule has 24 heavy (non-hydrogen) atoms. The van der Waals surface area contributed by atoms with Crippen LogP contribution in [0.1, 0.15) is 39.0 Å². The van der Waals surface area contributed by atoms with Crippen molar-refractivity contribution in [2.45, 2.75) is 50.7 Å². The first-order chi connectivity index (χ1) is 11.4. The minimum absolute atomic E-state index is 0.00217. The molecule has 1 aliphatic heterocycles. The minimum atomic E-state index is -0.535. The number of pyridine rings is 1. The Bertz CT molecular complexity index is 570. The second-order valence-electron chi connectivity index (χ2n) is 7.43. The van der Waals surface area contributed by atoms with Crippen LogP contribution in [0.3, 0.4) is 0 Å². The first-order valence-electron chi connectivity index (χ1n) is 8.75. The van der Waals surface area contributed by atoms with E-state index in [4.69, 9.17) is 0 Å². The van der Waals surface area contributed by atoms with Gasteiger partial charge in [0.15, 0.2) is 0 Å². The van der Waals surface area contributed by atoms with Crippen LogP contribution in [0, 0.1) is 16.0 Å². The number of aromatic nitrogens is 1. The Labute approximate surface area is 142 Å². The first-order valence-corrected chi connectivity index (χ1v) is 8.75. The van der Waals surface area contributed by atoms with Crippen molar-refractivity contribution in [1.82, 2.24) is 9.88 Å². The van der Waals surface area contributed by atoms with Crippen LogP contribution in [-0.4, -0.2) is 51.2 Å². The van der Waals surface area contributed by atoms with Crippen LogP contribution >= 0.6 is 0 Å². The average Bonchev–Trinajstić information content (AvgIpc) is 2.98. The van der Waals surface area contributed by atoms with Gasteiger partial charge in [-0.1, -0.05) is 6.92 Å². The van der Waals surface area contributed by atoms with Crippen molar-refractivity contribution >= 4 is 11.5 Å². The summed E-state index contributed by atoms with van der Waals surface area (Å²) in [6.45, 7) is 4.83. The van der Waals surface area contributed by atoms with E-state index in [1.165, 1.54) is 12.3 Å². The van der Waals surface area contributed by atoms with Crippen molar-refractivity contribution in [3.8, 4) is 0 Å². The second kappa shape index (κ2) is 7.03. The normalized spacial score (nSPS) is 31.1. The summed E-state index contributed by atoms with van der Waals surface area (Å²) in [7, 11) is 0. The second-order valence-corrected chi connectivity index (χ2v) is 7.43. The fraction of sp³-hybridized carbons (Fsp3) is 0.706. The van der Waals surface area contributed by atoms with Crippen molar-refractivity contribution < 1.29 is 10.0 Å². The van der Waals surface area contributed by atoms with E-state index in [1.54, 1.807) is 6.07 Å². The van der Waals surface area contributed by atoms with Crippen LogP contribution in [0.25, 0.3) is 0 Å². The fourth-order valence-electron chi connectivity index (χ4n) is 3.76. The van der Waals surface area contributed by atoms with Crippen LogP contribution in [-0.2, 0) is 0 Å². The fourth-order valence-corrected chi connectivity index (χ4v) is 3.76. The number of hydrogen-bond donors (Lipinski definition) is 2. The van der Waals surface area contributed by atoms with E-state index >= 15 is 0 Å². The number of rotatable bonds is 5. The lowest BCUT2D eigenvalue weighted by molar-refractivity contribution is -0.385. The van der Waals surface area contributed by atoms with Crippen molar-refractivity contribution in [3.05, 3.63) is 28.4 Å². The molecule has 0 aromatic carbocycles. The molecule has 7 heteroatoms. The number of anilines is 1. The van der Waals surface area contributed by atoms with Gasteiger partial charge >= 0.3 is 0 Å².